The molecule has 0 aliphatic carbocycles. The van der Waals surface area contributed by atoms with Gasteiger partial charge in [-0.05, 0) is 12.5 Å². The average Bonchev–Trinajstić information content (AvgIpc) is 2.89. The first-order valence-electron chi connectivity index (χ1n) is 6.26. The van der Waals surface area contributed by atoms with E-state index >= 15 is 0 Å². The fraction of sp³-hybridized carbons (Fsp3) is 0.357. The number of hydrogen-bond donors (Lipinski definition) is 2. The monoisotopic (exact) mass is 247 g/mol. The normalized spacial score (nSPS) is 12.6. The van der Waals surface area contributed by atoms with E-state index in [4.69, 9.17) is 0 Å². The van der Waals surface area contributed by atoms with E-state index in [-0.39, 0.29) is 11.9 Å². The smallest absolute Gasteiger partial charge is 0.127 e. The molecule has 2 rings (SSSR count). The van der Waals surface area contributed by atoms with Crippen LogP contribution in [0, 0.1) is 5.82 Å². The van der Waals surface area contributed by atoms with Crippen molar-refractivity contribution in [3.05, 3.63) is 53.9 Å². The summed E-state index contributed by atoms with van der Waals surface area (Å²) in [5.74, 6) is -0.140. The maximum atomic E-state index is 13.7. The van der Waals surface area contributed by atoms with Gasteiger partial charge in [-0.1, -0.05) is 25.1 Å². The number of halogens is 1. The van der Waals surface area contributed by atoms with Crippen molar-refractivity contribution in [1.29, 1.82) is 0 Å². The van der Waals surface area contributed by atoms with Crippen LogP contribution in [0.3, 0.4) is 0 Å². The van der Waals surface area contributed by atoms with Crippen LogP contribution in [0.4, 0.5) is 4.39 Å². The summed E-state index contributed by atoms with van der Waals surface area (Å²) in [7, 11) is 0. The summed E-state index contributed by atoms with van der Waals surface area (Å²) in [6, 6.07) is 7.00. The molecule has 1 aromatic heterocycles. The second-order valence-corrected chi connectivity index (χ2v) is 4.26. The van der Waals surface area contributed by atoms with Crippen LogP contribution in [-0.2, 0) is 6.42 Å². The Morgan fingerprint density at radius 3 is 2.89 bits per heavy atom. The molecule has 0 radical (unpaired) electrons. The summed E-state index contributed by atoms with van der Waals surface area (Å²) in [5.41, 5.74) is 1.83. The third kappa shape index (κ3) is 3.17. The van der Waals surface area contributed by atoms with Crippen molar-refractivity contribution < 1.29 is 4.39 Å². The number of aromatic amines is 1. The Morgan fingerprint density at radius 2 is 2.22 bits per heavy atom. The molecular weight excluding hydrogens is 229 g/mol. The minimum atomic E-state index is -0.140. The van der Waals surface area contributed by atoms with Gasteiger partial charge < -0.3 is 10.3 Å². The Balaban J connectivity index is 1.91. The van der Waals surface area contributed by atoms with Gasteiger partial charge in [-0.3, -0.25) is 0 Å². The van der Waals surface area contributed by atoms with E-state index < -0.39 is 0 Å². The predicted octanol–water partition coefficient (Wildman–Crippen LogP) is 2.83. The molecular formula is C14H18FN3. The van der Waals surface area contributed by atoms with Gasteiger partial charge in [0.25, 0.3) is 0 Å². The van der Waals surface area contributed by atoms with Crippen LogP contribution in [0.25, 0.3) is 0 Å². The molecule has 1 unspecified atom stereocenters. The van der Waals surface area contributed by atoms with Crippen molar-refractivity contribution in [2.45, 2.75) is 25.8 Å². The largest absolute Gasteiger partial charge is 0.348 e. The molecule has 1 atom stereocenters. The van der Waals surface area contributed by atoms with Gasteiger partial charge in [0.05, 0.1) is 6.33 Å². The zero-order valence-electron chi connectivity index (χ0n) is 10.5. The quantitative estimate of drug-likeness (QED) is 0.824. The highest BCUT2D eigenvalue weighted by Gasteiger charge is 2.12. The van der Waals surface area contributed by atoms with Gasteiger partial charge >= 0.3 is 0 Å². The van der Waals surface area contributed by atoms with Crippen LogP contribution >= 0.6 is 0 Å². The topological polar surface area (TPSA) is 40.7 Å². The van der Waals surface area contributed by atoms with Crippen molar-refractivity contribution in [3.63, 3.8) is 0 Å². The minimum absolute atomic E-state index is 0.0640. The van der Waals surface area contributed by atoms with Crippen LogP contribution in [0.15, 0.2) is 36.8 Å². The number of aromatic nitrogens is 2. The first kappa shape index (κ1) is 12.8. The van der Waals surface area contributed by atoms with Crippen LogP contribution in [0.2, 0.25) is 0 Å². The Bertz CT molecular complexity index is 468. The molecule has 0 spiro atoms. The van der Waals surface area contributed by atoms with Crippen molar-refractivity contribution in [1.82, 2.24) is 15.3 Å². The summed E-state index contributed by atoms with van der Waals surface area (Å²) in [4.78, 5) is 7.02. The SMILES string of the molecule is CCC(NCCc1cnc[nH]1)c1ccccc1F. The lowest BCUT2D eigenvalue weighted by Crippen LogP contribution is -2.24. The van der Waals surface area contributed by atoms with Gasteiger partial charge in [0, 0.05) is 36.5 Å². The molecule has 96 valence electrons. The lowest BCUT2D eigenvalue weighted by Gasteiger charge is -2.17. The van der Waals surface area contributed by atoms with Gasteiger partial charge in [0.2, 0.25) is 0 Å². The molecule has 4 heteroatoms. The second kappa shape index (κ2) is 6.31. The molecule has 0 saturated carbocycles. The molecule has 0 saturated heterocycles. The zero-order chi connectivity index (χ0) is 12.8. The highest BCUT2D eigenvalue weighted by atomic mass is 19.1. The number of imidazole rings is 1. The second-order valence-electron chi connectivity index (χ2n) is 4.26. The number of hydrogen-bond acceptors (Lipinski definition) is 2. The molecule has 18 heavy (non-hydrogen) atoms. The lowest BCUT2D eigenvalue weighted by atomic mass is 10.0. The summed E-state index contributed by atoms with van der Waals surface area (Å²) >= 11 is 0. The third-order valence-electron chi connectivity index (χ3n) is 3.03. The Hall–Kier alpha value is -1.68. The molecule has 2 aromatic rings. The number of nitrogens with one attached hydrogen (secondary N) is 2. The molecule has 2 N–H and O–H groups in total. The van der Waals surface area contributed by atoms with Crippen LogP contribution in [0.1, 0.15) is 30.6 Å². The van der Waals surface area contributed by atoms with Crippen molar-refractivity contribution in [3.8, 4) is 0 Å². The molecule has 3 nitrogen and oxygen atoms in total. The van der Waals surface area contributed by atoms with Gasteiger partial charge in [-0.2, -0.15) is 0 Å². The minimum Gasteiger partial charge on any atom is -0.348 e. The van der Waals surface area contributed by atoms with Gasteiger partial charge in [-0.15, -0.1) is 0 Å². The molecule has 0 amide bonds. The summed E-state index contributed by atoms with van der Waals surface area (Å²) < 4.78 is 13.7. The van der Waals surface area contributed by atoms with E-state index in [1.54, 1.807) is 12.4 Å². The zero-order valence-corrected chi connectivity index (χ0v) is 10.5. The number of benzene rings is 1. The van der Waals surface area contributed by atoms with Gasteiger partial charge in [0.1, 0.15) is 5.82 Å². The van der Waals surface area contributed by atoms with Crippen LogP contribution < -0.4 is 5.32 Å². The predicted molar refractivity (Wildman–Crippen MR) is 69.7 cm³/mol. The van der Waals surface area contributed by atoms with Crippen LogP contribution in [-0.4, -0.2) is 16.5 Å². The van der Waals surface area contributed by atoms with Gasteiger partial charge in [-0.25, -0.2) is 9.37 Å². The summed E-state index contributed by atoms with van der Waals surface area (Å²) in [5, 5.41) is 3.38. The standard InChI is InChI=1S/C14H18FN3/c1-2-14(12-5-3-4-6-13(12)15)17-8-7-11-9-16-10-18-11/h3-6,9-10,14,17H,2,7-8H2,1H3,(H,16,18). The number of nitrogens with zero attached hydrogens (tertiary/aromatic N) is 1. The maximum Gasteiger partial charge on any atom is 0.127 e. The Morgan fingerprint density at radius 1 is 1.39 bits per heavy atom. The third-order valence-corrected chi connectivity index (χ3v) is 3.03. The fourth-order valence-electron chi connectivity index (χ4n) is 2.03. The van der Waals surface area contributed by atoms with E-state index in [9.17, 15) is 4.39 Å². The highest BCUT2D eigenvalue weighted by molar-refractivity contribution is 5.21. The Labute approximate surface area is 106 Å². The molecule has 0 bridgehead atoms. The molecule has 1 heterocycles. The fourth-order valence-corrected chi connectivity index (χ4v) is 2.03. The summed E-state index contributed by atoms with van der Waals surface area (Å²) in [6.45, 7) is 2.86. The van der Waals surface area contributed by atoms with Crippen molar-refractivity contribution >= 4 is 0 Å². The number of rotatable bonds is 6. The number of H-pyrrole nitrogens is 1. The molecule has 0 aliphatic heterocycles. The molecule has 0 aliphatic rings. The van der Waals surface area contributed by atoms with E-state index in [1.807, 2.05) is 18.3 Å². The first-order valence-corrected chi connectivity index (χ1v) is 6.26. The van der Waals surface area contributed by atoms with E-state index in [0.717, 1.165) is 30.6 Å². The van der Waals surface area contributed by atoms with E-state index in [2.05, 4.69) is 22.2 Å². The maximum absolute atomic E-state index is 13.7. The Kier molecular flexibility index (Phi) is 4.47. The van der Waals surface area contributed by atoms with E-state index in [1.165, 1.54) is 6.07 Å². The molecule has 0 fully saturated rings. The lowest BCUT2D eigenvalue weighted by molar-refractivity contribution is 0.490. The highest BCUT2D eigenvalue weighted by Crippen LogP contribution is 2.19. The first-order chi connectivity index (χ1) is 8.81. The van der Waals surface area contributed by atoms with Crippen LogP contribution in [0.5, 0.6) is 0 Å². The van der Waals surface area contributed by atoms with Gasteiger partial charge in [0.15, 0.2) is 0 Å². The van der Waals surface area contributed by atoms with Crippen molar-refractivity contribution in [2.75, 3.05) is 6.54 Å². The average molecular weight is 247 g/mol. The van der Waals surface area contributed by atoms with Crippen molar-refractivity contribution in [2.24, 2.45) is 0 Å². The van der Waals surface area contributed by atoms with E-state index in [0.29, 0.717) is 0 Å². The summed E-state index contributed by atoms with van der Waals surface area (Å²) in [6.07, 6.45) is 5.21. The molecule has 1 aromatic carbocycles.